The highest BCUT2D eigenvalue weighted by molar-refractivity contribution is 5.91. The molecular weight excluding hydrogens is 206 g/mol. The Labute approximate surface area is 96.1 Å². The van der Waals surface area contributed by atoms with Gasteiger partial charge in [0.05, 0.1) is 5.54 Å². The smallest absolute Gasteiger partial charge is 0.240 e. The Morgan fingerprint density at radius 1 is 1.44 bits per heavy atom. The van der Waals surface area contributed by atoms with Crippen LogP contribution in [0, 0.1) is 5.92 Å². The predicted molar refractivity (Wildman–Crippen MR) is 61.6 cm³/mol. The fraction of sp³-hybridized carbons (Fsp3) is 0.818. The third kappa shape index (κ3) is 2.72. The van der Waals surface area contributed by atoms with E-state index in [9.17, 15) is 9.59 Å². The van der Waals surface area contributed by atoms with Crippen molar-refractivity contribution in [1.29, 1.82) is 0 Å². The van der Waals surface area contributed by atoms with Gasteiger partial charge in [0, 0.05) is 0 Å². The molecule has 1 heterocycles. The number of carbonyl (C=O) groups is 2. The van der Waals surface area contributed by atoms with E-state index in [4.69, 9.17) is 5.73 Å². The van der Waals surface area contributed by atoms with Crippen molar-refractivity contribution < 1.29 is 9.59 Å². The van der Waals surface area contributed by atoms with Crippen molar-refractivity contribution in [3.8, 4) is 0 Å². The summed E-state index contributed by atoms with van der Waals surface area (Å²) < 4.78 is 0. The van der Waals surface area contributed by atoms with E-state index in [1.807, 2.05) is 20.8 Å². The molecule has 92 valence electrons. The SMILES string of the molecule is CC(C)C(NC(=O)C1(C)CCCN1)C(N)=O. The van der Waals surface area contributed by atoms with Crippen molar-refractivity contribution in [2.24, 2.45) is 11.7 Å². The van der Waals surface area contributed by atoms with E-state index < -0.39 is 17.5 Å². The topological polar surface area (TPSA) is 84.2 Å². The predicted octanol–water partition coefficient (Wildman–Crippen LogP) is -0.245. The molecule has 2 atom stereocenters. The molecule has 5 nitrogen and oxygen atoms in total. The van der Waals surface area contributed by atoms with Gasteiger partial charge in [-0.2, -0.15) is 0 Å². The van der Waals surface area contributed by atoms with Gasteiger partial charge < -0.3 is 16.4 Å². The van der Waals surface area contributed by atoms with Crippen LogP contribution in [-0.2, 0) is 9.59 Å². The number of hydrogen-bond acceptors (Lipinski definition) is 3. The third-order valence-corrected chi connectivity index (χ3v) is 3.13. The van der Waals surface area contributed by atoms with E-state index in [2.05, 4.69) is 10.6 Å². The van der Waals surface area contributed by atoms with Crippen molar-refractivity contribution in [3.63, 3.8) is 0 Å². The van der Waals surface area contributed by atoms with Gasteiger partial charge in [0.1, 0.15) is 6.04 Å². The Kier molecular flexibility index (Phi) is 3.91. The number of rotatable bonds is 4. The average Bonchev–Trinajstić information content (AvgIpc) is 2.61. The minimum absolute atomic E-state index is 0.00598. The summed E-state index contributed by atoms with van der Waals surface area (Å²) in [7, 11) is 0. The van der Waals surface area contributed by atoms with Crippen LogP contribution in [0.15, 0.2) is 0 Å². The Balaban J connectivity index is 2.65. The minimum Gasteiger partial charge on any atom is -0.368 e. The van der Waals surface area contributed by atoms with Crippen molar-refractivity contribution >= 4 is 11.8 Å². The molecule has 0 spiro atoms. The first-order chi connectivity index (χ1) is 7.37. The summed E-state index contributed by atoms with van der Waals surface area (Å²) in [4.78, 5) is 23.2. The van der Waals surface area contributed by atoms with Gasteiger partial charge in [-0.25, -0.2) is 0 Å². The lowest BCUT2D eigenvalue weighted by Crippen LogP contribution is -2.57. The summed E-state index contributed by atoms with van der Waals surface area (Å²) in [6.07, 6.45) is 1.77. The van der Waals surface area contributed by atoms with Crippen LogP contribution >= 0.6 is 0 Å². The van der Waals surface area contributed by atoms with Gasteiger partial charge in [0.25, 0.3) is 0 Å². The molecule has 16 heavy (non-hydrogen) atoms. The second kappa shape index (κ2) is 4.82. The summed E-state index contributed by atoms with van der Waals surface area (Å²) in [5.41, 5.74) is 4.70. The maximum atomic E-state index is 12.0. The second-order valence-corrected chi connectivity index (χ2v) is 4.96. The van der Waals surface area contributed by atoms with Gasteiger partial charge in [-0.3, -0.25) is 9.59 Å². The molecule has 0 radical (unpaired) electrons. The maximum Gasteiger partial charge on any atom is 0.240 e. The van der Waals surface area contributed by atoms with Crippen LogP contribution in [-0.4, -0.2) is 29.9 Å². The van der Waals surface area contributed by atoms with E-state index >= 15 is 0 Å². The molecule has 4 N–H and O–H groups in total. The van der Waals surface area contributed by atoms with Crippen LogP contribution in [0.5, 0.6) is 0 Å². The van der Waals surface area contributed by atoms with Crippen LogP contribution in [0.1, 0.15) is 33.6 Å². The molecule has 0 aromatic heterocycles. The molecule has 1 aliphatic heterocycles. The largest absolute Gasteiger partial charge is 0.368 e. The highest BCUT2D eigenvalue weighted by atomic mass is 16.2. The zero-order valence-corrected chi connectivity index (χ0v) is 10.2. The van der Waals surface area contributed by atoms with Crippen LogP contribution < -0.4 is 16.4 Å². The van der Waals surface area contributed by atoms with Gasteiger partial charge in [0.15, 0.2) is 0 Å². The summed E-state index contributed by atoms with van der Waals surface area (Å²) >= 11 is 0. The summed E-state index contributed by atoms with van der Waals surface area (Å²) in [5, 5.41) is 5.87. The van der Waals surface area contributed by atoms with Crippen molar-refractivity contribution in [2.45, 2.75) is 45.2 Å². The second-order valence-electron chi connectivity index (χ2n) is 4.96. The van der Waals surface area contributed by atoms with Crippen LogP contribution in [0.25, 0.3) is 0 Å². The molecule has 5 heteroatoms. The Hall–Kier alpha value is -1.10. The van der Waals surface area contributed by atoms with Crippen molar-refractivity contribution in [1.82, 2.24) is 10.6 Å². The lowest BCUT2D eigenvalue weighted by Gasteiger charge is -2.27. The normalized spacial score (nSPS) is 26.8. The van der Waals surface area contributed by atoms with E-state index in [1.165, 1.54) is 0 Å². The summed E-state index contributed by atoms with van der Waals surface area (Å²) in [6, 6.07) is -0.591. The molecule has 2 amide bonds. The van der Waals surface area contributed by atoms with E-state index in [-0.39, 0.29) is 11.8 Å². The van der Waals surface area contributed by atoms with E-state index in [0.29, 0.717) is 0 Å². The molecule has 1 saturated heterocycles. The highest BCUT2D eigenvalue weighted by Crippen LogP contribution is 2.19. The zero-order valence-electron chi connectivity index (χ0n) is 10.2. The molecular formula is C11H21N3O2. The maximum absolute atomic E-state index is 12.0. The molecule has 0 aromatic carbocycles. The number of amides is 2. The first-order valence-corrected chi connectivity index (χ1v) is 5.72. The lowest BCUT2D eigenvalue weighted by atomic mass is 9.97. The van der Waals surface area contributed by atoms with Crippen LogP contribution in [0.4, 0.5) is 0 Å². The van der Waals surface area contributed by atoms with Crippen LogP contribution in [0.2, 0.25) is 0 Å². The number of primary amides is 1. The highest BCUT2D eigenvalue weighted by Gasteiger charge is 2.37. The standard InChI is InChI=1S/C11H21N3O2/c1-7(2)8(9(12)15)14-10(16)11(3)5-4-6-13-11/h7-8,13H,4-6H2,1-3H3,(H2,12,15)(H,14,16). The van der Waals surface area contributed by atoms with Crippen LogP contribution in [0.3, 0.4) is 0 Å². The Morgan fingerprint density at radius 3 is 2.44 bits per heavy atom. The third-order valence-electron chi connectivity index (χ3n) is 3.13. The monoisotopic (exact) mass is 227 g/mol. The van der Waals surface area contributed by atoms with Crippen molar-refractivity contribution in [3.05, 3.63) is 0 Å². The molecule has 0 bridgehead atoms. The Bertz CT molecular complexity index is 283. The van der Waals surface area contributed by atoms with Crippen molar-refractivity contribution in [2.75, 3.05) is 6.54 Å². The molecule has 2 unspecified atom stereocenters. The number of nitrogens with one attached hydrogen (secondary N) is 2. The average molecular weight is 227 g/mol. The van der Waals surface area contributed by atoms with Gasteiger partial charge >= 0.3 is 0 Å². The number of carbonyl (C=O) groups excluding carboxylic acids is 2. The molecule has 1 aliphatic rings. The molecule has 0 aromatic rings. The van der Waals surface area contributed by atoms with E-state index in [0.717, 1.165) is 19.4 Å². The van der Waals surface area contributed by atoms with E-state index in [1.54, 1.807) is 0 Å². The fourth-order valence-electron chi connectivity index (χ4n) is 1.96. The number of nitrogens with two attached hydrogens (primary N) is 1. The summed E-state index contributed by atoms with van der Waals surface area (Å²) in [5.74, 6) is -0.612. The molecule has 0 aliphatic carbocycles. The Morgan fingerprint density at radius 2 is 2.06 bits per heavy atom. The quantitative estimate of drug-likeness (QED) is 0.619. The summed E-state index contributed by atoms with van der Waals surface area (Å²) in [6.45, 7) is 6.42. The zero-order chi connectivity index (χ0) is 12.3. The first kappa shape index (κ1) is 13.0. The van der Waals surface area contributed by atoms with Gasteiger partial charge in [-0.15, -0.1) is 0 Å². The van der Waals surface area contributed by atoms with Gasteiger partial charge in [-0.1, -0.05) is 13.8 Å². The minimum atomic E-state index is -0.591. The molecule has 1 rings (SSSR count). The lowest BCUT2D eigenvalue weighted by molar-refractivity contribution is -0.131. The fourth-order valence-corrected chi connectivity index (χ4v) is 1.96. The molecule has 1 fully saturated rings. The first-order valence-electron chi connectivity index (χ1n) is 5.72. The molecule has 0 saturated carbocycles. The number of hydrogen-bond donors (Lipinski definition) is 3. The van der Waals surface area contributed by atoms with Gasteiger partial charge in [-0.05, 0) is 32.2 Å². The van der Waals surface area contributed by atoms with Gasteiger partial charge in [0.2, 0.25) is 11.8 Å².